The molecule has 0 unspecified atom stereocenters. The molecule has 0 atom stereocenters. The van der Waals surface area contributed by atoms with Gasteiger partial charge in [0.1, 0.15) is 28.7 Å². The number of methoxy groups -OCH3 is 2. The molecule has 26 heavy (non-hydrogen) atoms. The Morgan fingerprint density at radius 3 is 2.73 bits per heavy atom. The maximum Gasteiger partial charge on any atom is 0.342 e. The van der Waals surface area contributed by atoms with E-state index in [1.54, 1.807) is 18.2 Å². The molecule has 1 aromatic carbocycles. The van der Waals surface area contributed by atoms with Crippen LogP contribution in [-0.4, -0.2) is 34.8 Å². The van der Waals surface area contributed by atoms with Gasteiger partial charge in [0.2, 0.25) is 4.96 Å². The third kappa shape index (κ3) is 3.52. The van der Waals surface area contributed by atoms with Gasteiger partial charge in [0, 0.05) is 12.1 Å². The zero-order valence-electron chi connectivity index (χ0n) is 14.5. The molecule has 2 heterocycles. The molecule has 0 radical (unpaired) electrons. The van der Waals surface area contributed by atoms with Gasteiger partial charge in [0.25, 0.3) is 5.56 Å². The summed E-state index contributed by atoms with van der Waals surface area (Å²) in [6.45, 7) is 1.83. The summed E-state index contributed by atoms with van der Waals surface area (Å²) in [7, 11) is 2.98. The third-order valence-corrected chi connectivity index (χ3v) is 4.67. The standard InChI is InChI=1S/C17H17N3O5S/c1-4-14-19-20-15(21)7-10(18-17(20)26-14)9-25-16(22)12-6-5-11(23-2)8-13(12)24-3/h5-8H,4,9H2,1-3H3. The van der Waals surface area contributed by atoms with E-state index in [-0.39, 0.29) is 17.7 Å². The Morgan fingerprint density at radius 2 is 2.04 bits per heavy atom. The minimum atomic E-state index is -0.579. The number of aromatic nitrogens is 3. The molecule has 0 aliphatic carbocycles. The largest absolute Gasteiger partial charge is 0.497 e. The van der Waals surface area contributed by atoms with Gasteiger partial charge < -0.3 is 14.2 Å². The summed E-state index contributed by atoms with van der Waals surface area (Å²) in [5.41, 5.74) is 0.318. The lowest BCUT2D eigenvalue weighted by Gasteiger charge is -2.10. The Bertz CT molecular complexity index is 1010. The first-order valence-corrected chi connectivity index (χ1v) is 8.65. The maximum absolute atomic E-state index is 12.3. The van der Waals surface area contributed by atoms with Gasteiger partial charge in [-0.2, -0.15) is 9.61 Å². The van der Waals surface area contributed by atoms with Crippen molar-refractivity contribution in [2.24, 2.45) is 0 Å². The first-order chi connectivity index (χ1) is 12.5. The van der Waals surface area contributed by atoms with E-state index in [0.29, 0.717) is 22.2 Å². The molecule has 9 heteroatoms. The highest BCUT2D eigenvalue weighted by atomic mass is 32.1. The minimum Gasteiger partial charge on any atom is -0.497 e. The van der Waals surface area contributed by atoms with Gasteiger partial charge in [0.05, 0.1) is 19.9 Å². The number of rotatable bonds is 6. The molecule has 0 N–H and O–H groups in total. The molecular weight excluding hydrogens is 358 g/mol. The van der Waals surface area contributed by atoms with Crippen LogP contribution < -0.4 is 15.0 Å². The highest BCUT2D eigenvalue weighted by Gasteiger charge is 2.16. The summed E-state index contributed by atoms with van der Waals surface area (Å²) in [6.07, 6.45) is 0.717. The molecule has 8 nitrogen and oxygen atoms in total. The quantitative estimate of drug-likeness (QED) is 0.609. The van der Waals surface area contributed by atoms with E-state index in [0.717, 1.165) is 11.4 Å². The van der Waals surface area contributed by atoms with Crippen LogP contribution in [-0.2, 0) is 17.8 Å². The van der Waals surface area contributed by atoms with Gasteiger partial charge in [-0.15, -0.1) is 0 Å². The van der Waals surface area contributed by atoms with Crippen LogP contribution >= 0.6 is 11.3 Å². The Hall–Kier alpha value is -2.94. The van der Waals surface area contributed by atoms with Crippen molar-refractivity contribution in [1.29, 1.82) is 0 Å². The molecule has 0 fully saturated rings. The monoisotopic (exact) mass is 375 g/mol. The summed E-state index contributed by atoms with van der Waals surface area (Å²) in [5.74, 6) is 0.327. The SMILES string of the molecule is CCc1nn2c(=O)cc(COC(=O)c3ccc(OC)cc3OC)nc2s1. The molecule has 3 aromatic rings. The summed E-state index contributed by atoms with van der Waals surface area (Å²) >= 11 is 1.33. The summed E-state index contributed by atoms with van der Waals surface area (Å²) in [6, 6.07) is 6.10. The molecule has 0 aliphatic rings. The predicted octanol–water partition coefficient (Wildman–Crippen LogP) is 2.09. The molecule has 2 aromatic heterocycles. The van der Waals surface area contributed by atoms with Crippen LogP contribution in [0.5, 0.6) is 11.5 Å². The number of carbonyl (C=O) groups is 1. The van der Waals surface area contributed by atoms with E-state index in [2.05, 4.69) is 10.1 Å². The minimum absolute atomic E-state index is 0.126. The summed E-state index contributed by atoms with van der Waals surface area (Å²) in [5, 5.41) is 4.99. The van der Waals surface area contributed by atoms with Crippen molar-refractivity contribution in [3.05, 3.63) is 50.9 Å². The number of fused-ring (bicyclic) bond motifs is 1. The lowest BCUT2D eigenvalue weighted by Crippen LogP contribution is -2.16. The molecule has 0 spiro atoms. The van der Waals surface area contributed by atoms with E-state index in [1.165, 1.54) is 36.1 Å². The number of carbonyl (C=O) groups excluding carboxylic acids is 1. The first-order valence-electron chi connectivity index (χ1n) is 7.83. The maximum atomic E-state index is 12.3. The van der Waals surface area contributed by atoms with Crippen LogP contribution in [0.25, 0.3) is 4.96 Å². The molecule has 3 rings (SSSR count). The van der Waals surface area contributed by atoms with Gasteiger partial charge in [-0.05, 0) is 18.6 Å². The Kier molecular flexibility index (Phi) is 5.17. The van der Waals surface area contributed by atoms with Gasteiger partial charge in [-0.3, -0.25) is 4.79 Å². The average molecular weight is 375 g/mol. The highest BCUT2D eigenvalue weighted by Crippen LogP contribution is 2.25. The fraction of sp³-hybridized carbons (Fsp3) is 0.294. The number of benzene rings is 1. The van der Waals surface area contributed by atoms with Gasteiger partial charge in [0.15, 0.2) is 0 Å². The number of ether oxygens (including phenoxy) is 3. The number of nitrogens with zero attached hydrogens (tertiary/aromatic N) is 3. The molecule has 0 amide bonds. The van der Waals surface area contributed by atoms with Crippen molar-refractivity contribution in [1.82, 2.24) is 14.6 Å². The van der Waals surface area contributed by atoms with E-state index in [9.17, 15) is 9.59 Å². The topological polar surface area (TPSA) is 92.0 Å². The van der Waals surface area contributed by atoms with Crippen molar-refractivity contribution in [2.45, 2.75) is 20.0 Å². The van der Waals surface area contributed by atoms with Gasteiger partial charge in [-0.25, -0.2) is 9.78 Å². The zero-order chi connectivity index (χ0) is 18.7. The van der Waals surface area contributed by atoms with Crippen LogP contribution in [0.1, 0.15) is 28.0 Å². The Labute approximate surface area is 153 Å². The fourth-order valence-corrected chi connectivity index (χ4v) is 3.15. The predicted molar refractivity (Wildman–Crippen MR) is 95.2 cm³/mol. The Morgan fingerprint density at radius 1 is 1.23 bits per heavy atom. The fourth-order valence-electron chi connectivity index (χ4n) is 2.30. The van der Waals surface area contributed by atoms with Crippen LogP contribution in [0.4, 0.5) is 0 Å². The zero-order valence-corrected chi connectivity index (χ0v) is 15.3. The molecular formula is C17H17N3O5S. The van der Waals surface area contributed by atoms with Crippen molar-refractivity contribution < 1.29 is 19.0 Å². The lowest BCUT2D eigenvalue weighted by atomic mass is 10.2. The van der Waals surface area contributed by atoms with Crippen molar-refractivity contribution in [3.63, 3.8) is 0 Å². The van der Waals surface area contributed by atoms with Crippen LogP contribution in [0, 0.1) is 0 Å². The lowest BCUT2D eigenvalue weighted by molar-refractivity contribution is 0.0464. The van der Waals surface area contributed by atoms with E-state index in [1.807, 2.05) is 6.92 Å². The van der Waals surface area contributed by atoms with Crippen molar-refractivity contribution in [2.75, 3.05) is 14.2 Å². The van der Waals surface area contributed by atoms with Crippen molar-refractivity contribution in [3.8, 4) is 11.5 Å². The van der Waals surface area contributed by atoms with Gasteiger partial charge in [-0.1, -0.05) is 18.3 Å². The van der Waals surface area contributed by atoms with Crippen LogP contribution in [0.15, 0.2) is 29.1 Å². The number of aryl methyl sites for hydroxylation is 1. The van der Waals surface area contributed by atoms with Crippen molar-refractivity contribution >= 4 is 22.3 Å². The van der Waals surface area contributed by atoms with Crippen LogP contribution in [0.2, 0.25) is 0 Å². The second-order valence-corrected chi connectivity index (χ2v) is 6.31. The smallest absolute Gasteiger partial charge is 0.342 e. The second-order valence-electron chi connectivity index (χ2n) is 5.27. The molecule has 136 valence electrons. The normalized spacial score (nSPS) is 10.7. The number of hydrogen-bond acceptors (Lipinski definition) is 8. The summed E-state index contributed by atoms with van der Waals surface area (Å²) in [4.78, 5) is 29.2. The molecule has 0 bridgehead atoms. The van der Waals surface area contributed by atoms with E-state index < -0.39 is 5.97 Å². The van der Waals surface area contributed by atoms with Gasteiger partial charge >= 0.3 is 5.97 Å². The van der Waals surface area contributed by atoms with E-state index >= 15 is 0 Å². The van der Waals surface area contributed by atoms with Crippen LogP contribution in [0.3, 0.4) is 0 Å². The molecule has 0 aliphatic heterocycles. The molecule has 0 saturated carbocycles. The summed E-state index contributed by atoms with van der Waals surface area (Å²) < 4.78 is 16.8. The second kappa shape index (κ2) is 7.52. The number of hydrogen-bond donors (Lipinski definition) is 0. The highest BCUT2D eigenvalue weighted by molar-refractivity contribution is 7.16. The first kappa shape index (κ1) is 17.9. The third-order valence-electron chi connectivity index (χ3n) is 3.62. The Balaban J connectivity index is 1.79. The van der Waals surface area contributed by atoms with E-state index in [4.69, 9.17) is 14.2 Å². The number of esters is 1. The molecule has 0 saturated heterocycles. The average Bonchev–Trinajstić information content (AvgIpc) is 3.09.